The zero-order valence-corrected chi connectivity index (χ0v) is 19.8. The molecule has 0 atom stereocenters. The van der Waals surface area contributed by atoms with Crippen molar-refractivity contribution < 1.29 is 14.4 Å². The van der Waals surface area contributed by atoms with Gasteiger partial charge in [-0.1, -0.05) is 47.0 Å². The van der Waals surface area contributed by atoms with Gasteiger partial charge in [0.05, 0.1) is 5.52 Å². The second-order valence-corrected chi connectivity index (χ2v) is 8.59. The molecule has 0 bridgehead atoms. The van der Waals surface area contributed by atoms with Crippen LogP contribution in [0.5, 0.6) is 0 Å². The molecule has 0 saturated carbocycles. The van der Waals surface area contributed by atoms with Crippen LogP contribution in [0.1, 0.15) is 21.6 Å². The Balaban J connectivity index is 1.62. The van der Waals surface area contributed by atoms with Crippen molar-refractivity contribution in [2.75, 3.05) is 16.1 Å². The van der Waals surface area contributed by atoms with E-state index >= 15 is 0 Å². The SMILES string of the molecule is Cc1ccc(NC(=O)C(=O)Nn2c(C(=O)Nc3ccc(C)c(Cl)c3)cc3cc(Cl)ccc32)cc1. The maximum absolute atomic E-state index is 13.1. The second kappa shape index (κ2) is 9.59. The summed E-state index contributed by atoms with van der Waals surface area (Å²) >= 11 is 12.3. The van der Waals surface area contributed by atoms with Crippen LogP contribution in [-0.4, -0.2) is 22.4 Å². The zero-order valence-electron chi connectivity index (χ0n) is 18.3. The second-order valence-electron chi connectivity index (χ2n) is 7.75. The number of benzene rings is 3. The van der Waals surface area contributed by atoms with Gasteiger partial charge in [-0.05, 0) is 67.9 Å². The number of aryl methyl sites for hydroxylation is 2. The Morgan fingerprint density at radius 2 is 1.47 bits per heavy atom. The Labute approximate surface area is 205 Å². The molecular weight excluding hydrogens is 475 g/mol. The predicted molar refractivity (Wildman–Crippen MR) is 135 cm³/mol. The summed E-state index contributed by atoms with van der Waals surface area (Å²) in [7, 11) is 0. The van der Waals surface area contributed by atoms with Gasteiger partial charge in [-0.2, -0.15) is 0 Å². The standard InChI is InChI=1S/C25H20Cl2N4O3/c1-14-3-7-18(8-4-14)28-24(33)25(34)30-31-21-10-6-17(26)11-16(21)12-22(31)23(32)29-19-9-5-15(2)20(27)13-19/h3-13H,1-2H3,(H,28,33)(H,29,32)(H,30,34). The minimum absolute atomic E-state index is 0.102. The highest BCUT2D eigenvalue weighted by atomic mass is 35.5. The molecule has 1 aromatic heterocycles. The van der Waals surface area contributed by atoms with E-state index < -0.39 is 17.7 Å². The van der Waals surface area contributed by atoms with Crippen LogP contribution in [-0.2, 0) is 9.59 Å². The van der Waals surface area contributed by atoms with Crippen molar-refractivity contribution in [3.05, 3.63) is 93.6 Å². The first-order chi connectivity index (χ1) is 16.2. The summed E-state index contributed by atoms with van der Waals surface area (Å²) in [6.45, 7) is 3.77. The van der Waals surface area contributed by atoms with Gasteiger partial charge in [0.1, 0.15) is 5.69 Å². The molecule has 0 aliphatic carbocycles. The third kappa shape index (κ3) is 5.06. The van der Waals surface area contributed by atoms with Crippen molar-refractivity contribution in [3.63, 3.8) is 0 Å². The molecule has 0 aliphatic heterocycles. The van der Waals surface area contributed by atoms with Crippen LogP contribution in [0, 0.1) is 13.8 Å². The first kappa shape index (κ1) is 23.4. The number of carbonyl (C=O) groups is 3. The van der Waals surface area contributed by atoms with Crippen LogP contribution in [0.3, 0.4) is 0 Å². The zero-order chi connectivity index (χ0) is 24.4. The molecule has 4 rings (SSSR count). The number of hydrogen-bond donors (Lipinski definition) is 3. The summed E-state index contributed by atoms with van der Waals surface area (Å²) in [5, 5.41) is 6.88. The summed E-state index contributed by atoms with van der Waals surface area (Å²) in [6, 6.07) is 18.7. The van der Waals surface area contributed by atoms with Gasteiger partial charge < -0.3 is 10.6 Å². The van der Waals surface area contributed by atoms with Crippen molar-refractivity contribution >= 4 is 63.2 Å². The lowest BCUT2D eigenvalue weighted by Crippen LogP contribution is -2.36. The lowest BCUT2D eigenvalue weighted by Gasteiger charge is -2.13. The molecule has 9 heteroatoms. The summed E-state index contributed by atoms with van der Waals surface area (Å²) in [5.74, 6) is -2.33. The Hall–Kier alpha value is -3.81. The molecule has 172 valence electrons. The molecule has 0 aliphatic rings. The maximum atomic E-state index is 13.1. The van der Waals surface area contributed by atoms with Gasteiger partial charge in [0.2, 0.25) is 0 Å². The number of nitrogens with zero attached hydrogens (tertiary/aromatic N) is 1. The molecule has 3 aromatic carbocycles. The van der Waals surface area contributed by atoms with Gasteiger partial charge in [-0.3, -0.25) is 19.8 Å². The fourth-order valence-corrected chi connectivity index (χ4v) is 3.68. The summed E-state index contributed by atoms with van der Waals surface area (Å²) in [4.78, 5) is 38.3. The fourth-order valence-electron chi connectivity index (χ4n) is 3.32. The molecule has 0 saturated heterocycles. The topological polar surface area (TPSA) is 92.2 Å². The van der Waals surface area contributed by atoms with Crippen molar-refractivity contribution in [1.29, 1.82) is 0 Å². The number of carbonyl (C=O) groups excluding carboxylic acids is 3. The van der Waals surface area contributed by atoms with E-state index in [0.717, 1.165) is 11.1 Å². The van der Waals surface area contributed by atoms with Gasteiger partial charge in [-0.15, -0.1) is 0 Å². The Kier molecular flexibility index (Phi) is 6.58. The van der Waals surface area contributed by atoms with Gasteiger partial charge >= 0.3 is 11.8 Å². The van der Waals surface area contributed by atoms with Crippen molar-refractivity contribution in [2.24, 2.45) is 0 Å². The highest BCUT2D eigenvalue weighted by Crippen LogP contribution is 2.25. The summed E-state index contributed by atoms with van der Waals surface area (Å²) in [5.41, 5.74) is 5.95. The third-order valence-corrected chi connectivity index (χ3v) is 5.80. The number of rotatable bonds is 4. The quantitative estimate of drug-likeness (QED) is 0.326. The normalized spacial score (nSPS) is 10.7. The lowest BCUT2D eigenvalue weighted by molar-refractivity contribution is -0.133. The molecular formula is C25H20Cl2N4O3. The number of fused-ring (bicyclic) bond motifs is 1. The Bertz CT molecular complexity index is 1430. The van der Waals surface area contributed by atoms with Gasteiger partial charge in [-0.25, -0.2) is 4.68 Å². The molecule has 0 unspecified atom stereocenters. The van der Waals surface area contributed by atoms with E-state index in [0.29, 0.717) is 32.3 Å². The first-order valence-electron chi connectivity index (χ1n) is 10.3. The number of aromatic nitrogens is 1. The lowest BCUT2D eigenvalue weighted by atomic mass is 10.2. The number of halogens is 2. The molecule has 4 aromatic rings. The Morgan fingerprint density at radius 1 is 0.765 bits per heavy atom. The van der Waals surface area contributed by atoms with Crippen LogP contribution in [0.15, 0.2) is 66.7 Å². The highest BCUT2D eigenvalue weighted by Gasteiger charge is 2.21. The van der Waals surface area contributed by atoms with Crippen LogP contribution in [0.25, 0.3) is 10.9 Å². The van der Waals surface area contributed by atoms with Crippen LogP contribution in [0.4, 0.5) is 11.4 Å². The average molecular weight is 495 g/mol. The minimum atomic E-state index is -0.944. The fraction of sp³-hybridized carbons (Fsp3) is 0.0800. The van der Waals surface area contributed by atoms with Gasteiger partial charge in [0.15, 0.2) is 0 Å². The molecule has 3 N–H and O–H groups in total. The summed E-state index contributed by atoms with van der Waals surface area (Å²) < 4.78 is 1.26. The van der Waals surface area contributed by atoms with Crippen LogP contribution >= 0.6 is 23.2 Å². The van der Waals surface area contributed by atoms with E-state index in [1.807, 2.05) is 26.0 Å². The monoisotopic (exact) mass is 494 g/mol. The van der Waals surface area contributed by atoms with E-state index in [-0.39, 0.29) is 5.69 Å². The van der Waals surface area contributed by atoms with Crippen molar-refractivity contribution in [1.82, 2.24) is 4.68 Å². The summed E-state index contributed by atoms with van der Waals surface area (Å²) in [6.07, 6.45) is 0. The maximum Gasteiger partial charge on any atom is 0.328 e. The van der Waals surface area contributed by atoms with E-state index in [2.05, 4.69) is 16.1 Å². The molecule has 0 spiro atoms. The van der Waals surface area contributed by atoms with Gasteiger partial charge in [0, 0.05) is 26.8 Å². The number of hydrogen-bond acceptors (Lipinski definition) is 3. The molecule has 0 radical (unpaired) electrons. The molecule has 7 nitrogen and oxygen atoms in total. The number of nitrogens with one attached hydrogen (secondary N) is 3. The Morgan fingerprint density at radius 3 is 2.18 bits per heavy atom. The third-order valence-electron chi connectivity index (χ3n) is 5.15. The highest BCUT2D eigenvalue weighted by molar-refractivity contribution is 6.42. The minimum Gasteiger partial charge on any atom is -0.321 e. The van der Waals surface area contributed by atoms with Gasteiger partial charge in [0.25, 0.3) is 5.91 Å². The number of amides is 3. The molecule has 1 heterocycles. The average Bonchev–Trinajstić information content (AvgIpc) is 3.15. The molecule has 3 amide bonds. The smallest absolute Gasteiger partial charge is 0.321 e. The predicted octanol–water partition coefficient (Wildman–Crippen LogP) is 5.53. The van der Waals surface area contributed by atoms with Crippen molar-refractivity contribution in [2.45, 2.75) is 13.8 Å². The van der Waals surface area contributed by atoms with E-state index in [1.165, 1.54) is 4.68 Å². The van der Waals surface area contributed by atoms with E-state index in [9.17, 15) is 14.4 Å². The van der Waals surface area contributed by atoms with Crippen LogP contribution in [0.2, 0.25) is 10.0 Å². The molecule has 34 heavy (non-hydrogen) atoms. The molecule has 0 fully saturated rings. The number of anilines is 2. The largest absolute Gasteiger partial charge is 0.328 e. The first-order valence-corrected chi connectivity index (χ1v) is 11.0. The van der Waals surface area contributed by atoms with E-state index in [4.69, 9.17) is 23.2 Å². The van der Waals surface area contributed by atoms with Crippen LogP contribution < -0.4 is 16.1 Å². The van der Waals surface area contributed by atoms with E-state index in [1.54, 1.807) is 54.6 Å². The van der Waals surface area contributed by atoms with Crippen molar-refractivity contribution in [3.8, 4) is 0 Å².